The minimum atomic E-state index is -3.37. The molecule has 1 atom stereocenters. The maximum absolute atomic E-state index is 12.4. The molecule has 0 aromatic carbocycles. The Morgan fingerprint density at radius 2 is 2.04 bits per heavy atom. The Morgan fingerprint density at radius 3 is 2.61 bits per heavy atom. The second-order valence-corrected chi connectivity index (χ2v) is 8.98. The van der Waals surface area contributed by atoms with E-state index in [9.17, 15) is 13.2 Å². The lowest BCUT2D eigenvalue weighted by molar-refractivity contribution is -0.123. The van der Waals surface area contributed by atoms with E-state index in [1.54, 1.807) is 17.5 Å². The summed E-state index contributed by atoms with van der Waals surface area (Å²) in [5.74, 6) is 0.0144. The molecule has 0 radical (unpaired) electrons. The summed E-state index contributed by atoms with van der Waals surface area (Å²) in [4.78, 5) is 14.0. The molecule has 1 amide bonds. The molecule has 6 nitrogen and oxygen atoms in total. The lowest BCUT2D eigenvalue weighted by Crippen LogP contribution is -2.51. The van der Waals surface area contributed by atoms with Gasteiger partial charge < -0.3 is 5.32 Å². The number of nitrogens with zero attached hydrogens (tertiary/aromatic N) is 2. The molecule has 0 unspecified atom stereocenters. The number of thiophene rings is 1. The summed E-state index contributed by atoms with van der Waals surface area (Å²) in [5, 5.41) is 4.75. The molecule has 0 aliphatic carbocycles. The molecule has 130 valence electrons. The molecule has 0 bridgehead atoms. The largest absolute Gasteiger partial charge is 0.353 e. The average Bonchev–Trinajstić information content (AvgIpc) is 3.02. The lowest BCUT2D eigenvalue weighted by atomic mass is 10.2. The predicted molar refractivity (Wildman–Crippen MR) is 92.0 cm³/mol. The van der Waals surface area contributed by atoms with Crippen molar-refractivity contribution in [1.29, 1.82) is 0 Å². The lowest BCUT2D eigenvalue weighted by Gasteiger charge is -2.33. The summed E-state index contributed by atoms with van der Waals surface area (Å²) in [5.41, 5.74) is 0. The Balaban J connectivity index is 1.81. The SMILES string of the molecule is CCC[C@@H](C)NC(=O)CN1CCN(S(=O)(=O)c2cccs2)CC1. The van der Waals surface area contributed by atoms with E-state index in [0.717, 1.165) is 12.8 Å². The first kappa shape index (κ1) is 18.4. The third kappa shape index (κ3) is 5.00. The van der Waals surface area contributed by atoms with E-state index in [1.807, 2.05) is 11.8 Å². The molecule has 1 saturated heterocycles. The molecule has 1 fully saturated rings. The van der Waals surface area contributed by atoms with Crippen molar-refractivity contribution in [3.8, 4) is 0 Å². The molecule has 8 heteroatoms. The molecule has 0 saturated carbocycles. The van der Waals surface area contributed by atoms with Crippen LogP contribution in [0.5, 0.6) is 0 Å². The summed E-state index contributed by atoms with van der Waals surface area (Å²) in [7, 11) is -3.37. The molecule has 1 aliphatic rings. The highest BCUT2D eigenvalue weighted by Crippen LogP contribution is 2.21. The number of carbonyl (C=O) groups is 1. The molecule has 1 N–H and O–H groups in total. The maximum Gasteiger partial charge on any atom is 0.252 e. The van der Waals surface area contributed by atoms with E-state index >= 15 is 0 Å². The van der Waals surface area contributed by atoms with Crippen LogP contribution in [0.3, 0.4) is 0 Å². The first-order valence-electron chi connectivity index (χ1n) is 7.99. The molecule has 1 aromatic heterocycles. The fourth-order valence-corrected chi connectivity index (χ4v) is 5.26. The van der Waals surface area contributed by atoms with Gasteiger partial charge in [0.2, 0.25) is 5.91 Å². The maximum atomic E-state index is 12.4. The first-order chi connectivity index (χ1) is 10.9. The zero-order valence-corrected chi connectivity index (χ0v) is 15.3. The van der Waals surface area contributed by atoms with Crippen molar-refractivity contribution >= 4 is 27.3 Å². The minimum absolute atomic E-state index is 0.0144. The normalized spacial score (nSPS) is 18.7. The highest BCUT2D eigenvalue weighted by atomic mass is 32.2. The monoisotopic (exact) mass is 359 g/mol. The summed E-state index contributed by atoms with van der Waals surface area (Å²) in [6, 6.07) is 3.57. The van der Waals surface area contributed by atoms with Crippen molar-refractivity contribution in [3.63, 3.8) is 0 Å². The number of hydrogen-bond acceptors (Lipinski definition) is 5. The first-order valence-corrected chi connectivity index (χ1v) is 10.3. The molecule has 1 aliphatic heterocycles. The fraction of sp³-hybridized carbons (Fsp3) is 0.667. The molecule has 2 rings (SSSR count). The van der Waals surface area contributed by atoms with Crippen LogP contribution in [-0.2, 0) is 14.8 Å². The van der Waals surface area contributed by atoms with Crippen molar-refractivity contribution in [2.45, 2.75) is 36.9 Å². The Hall–Kier alpha value is -0.960. The van der Waals surface area contributed by atoms with Gasteiger partial charge in [-0.15, -0.1) is 11.3 Å². The van der Waals surface area contributed by atoms with Crippen LogP contribution in [0.2, 0.25) is 0 Å². The molecule has 1 aromatic rings. The zero-order chi connectivity index (χ0) is 16.9. The predicted octanol–water partition coefficient (Wildman–Crippen LogP) is 1.36. The van der Waals surface area contributed by atoms with Crippen LogP contribution in [0.15, 0.2) is 21.7 Å². The number of hydrogen-bond donors (Lipinski definition) is 1. The molecule has 0 spiro atoms. The number of nitrogens with one attached hydrogen (secondary N) is 1. The molecule has 23 heavy (non-hydrogen) atoms. The molecular formula is C15H25N3O3S2. The van der Waals surface area contributed by atoms with Crippen LogP contribution in [0.25, 0.3) is 0 Å². The summed E-state index contributed by atoms with van der Waals surface area (Å²) in [6.45, 7) is 6.46. The van der Waals surface area contributed by atoms with Gasteiger partial charge in [0.1, 0.15) is 4.21 Å². The minimum Gasteiger partial charge on any atom is -0.353 e. The Kier molecular flexibility index (Phi) is 6.58. The van der Waals surface area contributed by atoms with Crippen molar-refractivity contribution in [1.82, 2.24) is 14.5 Å². The third-order valence-corrected chi connectivity index (χ3v) is 7.19. The number of amides is 1. The van der Waals surface area contributed by atoms with Gasteiger partial charge in [-0.2, -0.15) is 4.31 Å². The Labute approximate surface area is 142 Å². The average molecular weight is 360 g/mol. The van der Waals surface area contributed by atoms with E-state index in [0.29, 0.717) is 36.9 Å². The number of piperazine rings is 1. The summed E-state index contributed by atoms with van der Waals surface area (Å²) in [6.07, 6.45) is 2.01. The van der Waals surface area contributed by atoms with Crippen LogP contribution in [0, 0.1) is 0 Å². The van der Waals surface area contributed by atoms with E-state index in [4.69, 9.17) is 0 Å². The van der Waals surface area contributed by atoms with Crippen molar-refractivity contribution in [2.24, 2.45) is 0 Å². The Bertz CT molecular complexity index is 593. The van der Waals surface area contributed by atoms with E-state index in [-0.39, 0.29) is 11.9 Å². The van der Waals surface area contributed by atoms with Gasteiger partial charge in [-0.3, -0.25) is 9.69 Å². The van der Waals surface area contributed by atoms with Gasteiger partial charge >= 0.3 is 0 Å². The molecule has 2 heterocycles. The topological polar surface area (TPSA) is 69.7 Å². The number of sulfonamides is 1. The van der Waals surface area contributed by atoms with Crippen LogP contribution in [-0.4, -0.2) is 62.3 Å². The molecular weight excluding hydrogens is 334 g/mol. The van der Waals surface area contributed by atoms with Crippen LogP contribution < -0.4 is 5.32 Å². The number of rotatable bonds is 7. The van der Waals surface area contributed by atoms with E-state index in [1.165, 1.54) is 15.6 Å². The van der Waals surface area contributed by atoms with E-state index < -0.39 is 10.0 Å². The number of carbonyl (C=O) groups excluding carboxylic acids is 1. The van der Waals surface area contributed by atoms with Crippen LogP contribution in [0.1, 0.15) is 26.7 Å². The summed E-state index contributed by atoms with van der Waals surface area (Å²) < 4.78 is 26.8. The van der Waals surface area contributed by atoms with Crippen molar-refractivity contribution < 1.29 is 13.2 Å². The van der Waals surface area contributed by atoms with Gasteiger partial charge in [-0.25, -0.2) is 8.42 Å². The van der Waals surface area contributed by atoms with Gasteiger partial charge in [-0.1, -0.05) is 19.4 Å². The summed E-state index contributed by atoms with van der Waals surface area (Å²) >= 11 is 1.24. The van der Waals surface area contributed by atoms with Gasteiger partial charge in [0.25, 0.3) is 10.0 Å². The van der Waals surface area contributed by atoms with E-state index in [2.05, 4.69) is 12.2 Å². The third-order valence-electron chi connectivity index (χ3n) is 3.92. The standard InChI is InChI=1S/C15H25N3O3S2/c1-3-5-13(2)16-14(19)12-17-7-9-18(10-8-17)23(20,21)15-6-4-11-22-15/h4,6,11,13H,3,5,7-10,12H2,1-2H3,(H,16,19)/t13-/m1/s1. The van der Waals surface area contributed by atoms with Crippen molar-refractivity contribution in [2.75, 3.05) is 32.7 Å². The second-order valence-electron chi connectivity index (χ2n) is 5.87. The second kappa shape index (κ2) is 8.23. The van der Waals surface area contributed by atoms with Gasteiger partial charge in [0.15, 0.2) is 0 Å². The van der Waals surface area contributed by atoms with Gasteiger partial charge in [0, 0.05) is 32.2 Å². The van der Waals surface area contributed by atoms with Crippen LogP contribution in [0.4, 0.5) is 0 Å². The van der Waals surface area contributed by atoms with Crippen LogP contribution >= 0.6 is 11.3 Å². The quantitative estimate of drug-likeness (QED) is 0.798. The fourth-order valence-electron chi connectivity index (χ4n) is 2.69. The Morgan fingerprint density at radius 1 is 1.35 bits per heavy atom. The smallest absolute Gasteiger partial charge is 0.252 e. The highest BCUT2D eigenvalue weighted by molar-refractivity contribution is 7.91. The van der Waals surface area contributed by atoms with Crippen molar-refractivity contribution in [3.05, 3.63) is 17.5 Å². The zero-order valence-electron chi connectivity index (χ0n) is 13.7. The van der Waals surface area contributed by atoms with Gasteiger partial charge in [0.05, 0.1) is 6.54 Å². The van der Waals surface area contributed by atoms with Gasteiger partial charge in [-0.05, 0) is 24.8 Å². The highest BCUT2D eigenvalue weighted by Gasteiger charge is 2.29.